The molecule has 0 aliphatic heterocycles. The van der Waals surface area contributed by atoms with Crippen LogP contribution in [0.1, 0.15) is 45.2 Å². The van der Waals surface area contributed by atoms with Gasteiger partial charge in [0.05, 0.1) is 13.3 Å². The number of nitriles is 1. The average molecular weight is 267 g/mol. The summed E-state index contributed by atoms with van der Waals surface area (Å²) in [6, 6.07) is 8.05. The van der Waals surface area contributed by atoms with Crippen molar-refractivity contribution in [3.8, 4) is 17.2 Å². The van der Waals surface area contributed by atoms with E-state index in [1.54, 1.807) is 0 Å². The first-order chi connectivity index (χ1) is 8.83. The van der Waals surface area contributed by atoms with Crippen LogP contribution in [0, 0.1) is 22.5 Å². The summed E-state index contributed by atoms with van der Waals surface area (Å²) in [5.74, 6) is 6.40. The Morgan fingerprint density at radius 2 is 1.68 bits per heavy atom. The van der Waals surface area contributed by atoms with E-state index in [2.05, 4.69) is 25.7 Å². The largest absolute Gasteiger partial charge is 0.185 e. The van der Waals surface area contributed by atoms with Gasteiger partial charge in [0.2, 0.25) is 0 Å². The van der Waals surface area contributed by atoms with Crippen molar-refractivity contribution in [3.05, 3.63) is 35.4 Å². The fourth-order valence-electron chi connectivity index (χ4n) is 1.75. The Kier molecular flexibility index (Phi) is 5.15. The molecule has 0 fully saturated rings. The van der Waals surface area contributed by atoms with Gasteiger partial charge >= 0.3 is 0 Å². The lowest BCUT2D eigenvalue weighted by molar-refractivity contribution is 0.696. The maximum atomic E-state index is 8.76. The molecule has 0 saturated carbocycles. The molecule has 19 heavy (non-hydrogen) atoms. The van der Waals surface area contributed by atoms with Gasteiger partial charge in [0.15, 0.2) is 0 Å². The quantitative estimate of drug-likeness (QED) is 0.470. The zero-order valence-electron chi connectivity index (χ0n) is 11.9. The third-order valence-corrected chi connectivity index (χ3v) is 3.77. The molecule has 0 N–H and O–H groups in total. The zero-order chi connectivity index (χ0) is 14.5. The molecule has 0 spiro atoms. The van der Waals surface area contributed by atoms with E-state index in [-0.39, 0.29) is 5.41 Å². The van der Waals surface area contributed by atoms with Gasteiger partial charge in [-0.2, -0.15) is 5.26 Å². The smallest absolute Gasteiger partial charge is 0.133 e. The Bertz CT molecular complexity index is 527. The summed E-state index contributed by atoms with van der Waals surface area (Å²) in [6.45, 7) is 8.11. The van der Waals surface area contributed by atoms with Crippen LogP contribution in [0.25, 0.3) is 0 Å². The number of benzene rings is 1. The first-order valence-corrected chi connectivity index (χ1v) is 7.12. The Balaban J connectivity index is 3.03. The number of hydrogen-bond donors (Lipinski definition) is 0. The van der Waals surface area contributed by atoms with Crippen LogP contribution < -0.4 is 0 Å². The van der Waals surface area contributed by atoms with Crippen molar-refractivity contribution in [1.29, 1.82) is 5.26 Å². The minimum atomic E-state index is -0.674. The Labute approximate surface area is 122 Å². The Hall–Kier alpha value is -1.32. The van der Waals surface area contributed by atoms with E-state index in [9.17, 15) is 0 Å². The minimum absolute atomic E-state index is 0.165. The van der Waals surface area contributed by atoms with Gasteiger partial charge in [-0.05, 0) is 36.7 Å². The second-order valence-corrected chi connectivity index (χ2v) is 6.39. The maximum Gasteiger partial charge on any atom is 0.133 e. The average Bonchev–Trinajstić information content (AvgIpc) is 2.36. The molecule has 3 heteroatoms. The van der Waals surface area contributed by atoms with Gasteiger partial charge in [-0.3, -0.25) is 0 Å². The summed E-state index contributed by atoms with van der Waals surface area (Å²) < 4.78 is -0.674. The topological polar surface area (TPSA) is 23.8 Å². The van der Waals surface area contributed by atoms with E-state index in [1.807, 2.05) is 43.5 Å². The number of thioether (sulfide) groups is 1. The van der Waals surface area contributed by atoms with Crippen molar-refractivity contribution in [1.82, 2.24) is 0 Å². The predicted octanol–water partition coefficient (Wildman–Crippen LogP) is 3.93. The summed E-state index contributed by atoms with van der Waals surface area (Å²) in [5.41, 5.74) is 1.94. The Morgan fingerprint density at radius 3 is 2.16 bits per heavy atom. The second kappa shape index (κ2) is 6.22. The van der Waals surface area contributed by atoms with Crippen LogP contribution in [0.4, 0.5) is 0 Å². The molecule has 0 aromatic heterocycles. The normalized spacial score (nSPS) is 13.8. The molecule has 1 rings (SSSR count). The van der Waals surface area contributed by atoms with Crippen molar-refractivity contribution >= 4 is 19.6 Å². The van der Waals surface area contributed by atoms with Crippen LogP contribution in [-0.4, -0.2) is 7.85 Å². The van der Waals surface area contributed by atoms with Crippen molar-refractivity contribution in [3.63, 3.8) is 0 Å². The highest BCUT2D eigenvalue weighted by Gasteiger charge is 2.22. The number of nitrogens with zero attached hydrogens (tertiary/aromatic N) is 1. The lowest BCUT2D eigenvalue weighted by Crippen LogP contribution is -2.18. The van der Waals surface area contributed by atoms with E-state index in [0.29, 0.717) is 0 Å². The van der Waals surface area contributed by atoms with Crippen molar-refractivity contribution in [2.75, 3.05) is 0 Å². The van der Waals surface area contributed by atoms with Gasteiger partial charge in [-0.1, -0.05) is 44.0 Å². The molecule has 1 atom stereocenters. The lowest BCUT2D eigenvalue weighted by atomic mass is 9.79. The first-order valence-electron chi connectivity index (χ1n) is 6.30. The fraction of sp³-hybridized carbons (Fsp3) is 0.438. The van der Waals surface area contributed by atoms with Crippen molar-refractivity contribution in [2.45, 2.75) is 44.2 Å². The number of thiocyanates is 1. The summed E-state index contributed by atoms with van der Waals surface area (Å²) >= 11 is 1.07. The molecule has 0 bridgehead atoms. The van der Waals surface area contributed by atoms with Crippen LogP contribution in [0.3, 0.4) is 0 Å². The molecule has 1 nitrogen and oxygen atoms in total. The van der Waals surface area contributed by atoms with Crippen LogP contribution in [0.2, 0.25) is 0 Å². The highest BCUT2D eigenvalue weighted by atomic mass is 32.2. The fourth-order valence-corrected chi connectivity index (χ4v) is 2.20. The van der Waals surface area contributed by atoms with Crippen LogP contribution in [0.5, 0.6) is 0 Å². The summed E-state index contributed by atoms with van der Waals surface area (Å²) in [7, 11) is 6.10. The van der Waals surface area contributed by atoms with E-state index < -0.39 is 4.65 Å². The van der Waals surface area contributed by atoms with Crippen LogP contribution in [-0.2, 0) is 10.1 Å². The third kappa shape index (κ3) is 4.08. The highest BCUT2D eigenvalue weighted by molar-refractivity contribution is 8.05. The molecular formula is C16H18BNS. The monoisotopic (exact) mass is 267 g/mol. The van der Waals surface area contributed by atoms with Gasteiger partial charge in [-0.15, -0.1) is 5.92 Å². The first kappa shape index (κ1) is 15.7. The molecule has 0 amide bonds. The van der Waals surface area contributed by atoms with Crippen molar-refractivity contribution in [2.24, 2.45) is 0 Å². The third-order valence-electron chi connectivity index (χ3n) is 3.02. The SMILES string of the molecule is [B]C(C)(SC#N)c1ccc(C(C)(C)C#CCC)cc1. The van der Waals surface area contributed by atoms with Crippen LogP contribution >= 0.6 is 11.8 Å². The maximum absolute atomic E-state index is 8.76. The predicted molar refractivity (Wildman–Crippen MR) is 83.8 cm³/mol. The molecule has 96 valence electrons. The van der Waals surface area contributed by atoms with Crippen molar-refractivity contribution < 1.29 is 0 Å². The van der Waals surface area contributed by atoms with Gasteiger partial charge in [0, 0.05) is 11.1 Å². The molecule has 0 aliphatic rings. The minimum Gasteiger partial charge on any atom is -0.185 e. The number of hydrogen-bond acceptors (Lipinski definition) is 2. The Morgan fingerprint density at radius 1 is 1.16 bits per heavy atom. The molecule has 1 aromatic carbocycles. The van der Waals surface area contributed by atoms with E-state index in [0.717, 1.165) is 29.3 Å². The summed E-state index contributed by atoms with van der Waals surface area (Å²) in [4.78, 5) is 0. The zero-order valence-corrected chi connectivity index (χ0v) is 12.8. The second-order valence-electron chi connectivity index (χ2n) is 5.16. The lowest BCUT2D eigenvalue weighted by Gasteiger charge is -2.24. The molecule has 0 saturated heterocycles. The highest BCUT2D eigenvalue weighted by Crippen LogP contribution is 2.33. The van der Waals surface area contributed by atoms with E-state index in [1.165, 1.54) is 0 Å². The van der Waals surface area contributed by atoms with Gasteiger partial charge in [0.25, 0.3) is 0 Å². The number of rotatable bonds is 3. The molecule has 2 radical (unpaired) electrons. The molecular weight excluding hydrogens is 249 g/mol. The van der Waals surface area contributed by atoms with Gasteiger partial charge in [-0.25, -0.2) is 0 Å². The van der Waals surface area contributed by atoms with Gasteiger partial charge < -0.3 is 0 Å². The summed E-state index contributed by atoms with van der Waals surface area (Å²) in [5, 5.41) is 10.8. The molecule has 0 heterocycles. The summed E-state index contributed by atoms with van der Waals surface area (Å²) in [6.07, 6.45) is 0.862. The molecule has 0 aliphatic carbocycles. The van der Waals surface area contributed by atoms with E-state index >= 15 is 0 Å². The van der Waals surface area contributed by atoms with E-state index in [4.69, 9.17) is 13.1 Å². The van der Waals surface area contributed by atoms with Gasteiger partial charge in [0.1, 0.15) is 5.40 Å². The molecule has 1 unspecified atom stereocenters. The molecule has 1 aromatic rings. The van der Waals surface area contributed by atoms with Crippen LogP contribution in [0.15, 0.2) is 24.3 Å². The standard InChI is InChI=1S/C16H18BNS/c1-5-6-11-15(2,3)13-7-9-14(10-8-13)16(4,17)19-12-18/h7-10H,5H2,1-4H3.